The van der Waals surface area contributed by atoms with Crippen molar-refractivity contribution in [2.24, 2.45) is 0 Å². The van der Waals surface area contributed by atoms with Gasteiger partial charge in [0.15, 0.2) is 5.57 Å². The standard InChI is InChI=1S/C25H22ClN3O2S/c1-2-17-9-11-19(12-10-17)29-24(31)22(15-18-7-3-4-8-21(18)26)32-25(29)20(16-27)23(30)28-13-5-6-14-28/h3-4,7-12,15H,2,5-6,13-14H2,1H3/b22-15+,25-20-. The lowest BCUT2D eigenvalue weighted by Gasteiger charge is -2.14. The van der Waals surface area contributed by atoms with E-state index in [1.807, 2.05) is 42.5 Å². The van der Waals surface area contributed by atoms with E-state index in [2.05, 4.69) is 13.0 Å². The molecule has 0 atom stereocenters. The SMILES string of the molecule is CCc1ccc(-n2c(=O)/c(=C\c3ccccc3Cl)s/c2=C(/C#N)C(=O)N2CCCC2)cc1. The highest BCUT2D eigenvalue weighted by Crippen LogP contribution is 2.16. The highest BCUT2D eigenvalue weighted by atomic mass is 35.5. The second-order valence-electron chi connectivity index (χ2n) is 7.58. The van der Waals surface area contributed by atoms with Crippen LogP contribution in [0.5, 0.6) is 0 Å². The molecule has 0 bridgehead atoms. The van der Waals surface area contributed by atoms with Crippen molar-refractivity contribution >= 4 is 40.5 Å². The number of aromatic nitrogens is 1. The minimum atomic E-state index is -0.325. The predicted octanol–water partition coefficient (Wildman–Crippen LogP) is 3.24. The molecule has 0 aliphatic carbocycles. The normalized spacial score (nSPS) is 15.0. The number of likely N-dealkylation sites (tertiary alicyclic amines) is 1. The van der Waals surface area contributed by atoms with Gasteiger partial charge in [0.25, 0.3) is 11.5 Å². The molecule has 0 radical (unpaired) electrons. The van der Waals surface area contributed by atoms with Crippen molar-refractivity contribution < 1.29 is 4.79 Å². The number of hydrogen-bond acceptors (Lipinski definition) is 4. The Bertz CT molecular complexity index is 1370. The average Bonchev–Trinajstić information content (AvgIpc) is 3.45. The molecule has 1 aliphatic rings. The molecule has 1 aromatic heterocycles. The Hall–Kier alpha value is -3.14. The number of carbonyl (C=O) groups excluding carboxylic acids is 1. The molecule has 0 saturated carbocycles. The summed E-state index contributed by atoms with van der Waals surface area (Å²) in [6.45, 7) is 3.32. The van der Waals surface area contributed by atoms with Gasteiger partial charge in [-0.1, -0.05) is 48.9 Å². The van der Waals surface area contributed by atoms with Crippen molar-refractivity contribution in [1.29, 1.82) is 5.26 Å². The van der Waals surface area contributed by atoms with Gasteiger partial charge >= 0.3 is 0 Å². The first-order chi connectivity index (χ1) is 15.5. The zero-order valence-electron chi connectivity index (χ0n) is 17.7. The van der Waals surface area contributed by atoms with E-state index >= 15 is 0 Å². The molecule has 1 fully saturated rings. The van der Waals surface area contributed by atoms with Gasteiger partial charge in [0.1, 0.15) is 10.7 Å². The highest BCUT2D eigenvalue weighted by Gasteiger charge is 2.24. The summed E-state index contributed by atoms with van der Waals surface area (Å²) >= 11 is 7.44. The molecular formula is C25H22ClN3O2S. The number of rotatable bonds is 4. The molecule has 2 heterocycles. The zero-order valence-corrected chi connectivity index (χ0v) is 19.2. The minimum absolute atomic E-state index is 0.00706. The van der Waals surface area contributed by atoms with Crippen molar-refractivity contribution in [3.05, 3.63) is 84.2 Å². The predicted molar refractivity (Wildman–Crippen MR) is 128 cm³/mol. The molecule has 4 rings (SSSR count). The minimum Gasteiger partial charge on any atom is -0.338 e. The third-order valence-electron chi connectivity index (χ3n) is 5.55. The van der Waals surface area contributed by atoms with Gasteiger partial charge < -0.3 is 4.90 Å². The average molecular weight is 464 g/mol. The lowest BCUT2D eigenvalue weighted by molar-refractivity contribution is -0.123. The van der Waals surface area contributed by atoms with Crippen LogP contribution in [-0.4, -0.2) is 28.5 Å². The zero-order chi connectivity index (χ0) is 22.7. The van der Waals surface area contributed by atoms with Crippen LogP contribution in [0.2, 0.25) is 5.02 Å². The van der Waals surface area contributed by atoms with Crippen LogP contribution in [0.4, 0.5) is 0 Å². The third-order valence-corrected chi connectivity index (χ3v) is 6.99. The van der Waals surface area contributed by atoms with E-state index in [1.54, 1.807) is 17.0 Å². The molecule has 1 aliphatic heterocycles. The lowest BCUT2D eigenvalue weighted by atomic mass is 10.1. The maximum absolute atomic E-state index is 13.5. The lowest BCUT2D eigenvalue weighted by Crippen LogP contribution is -2.35. The monoisotopic (exact) mass is 463 g/mol. The van der Waals surface area contributed by atoms with Crippen LogP contribution in [0.1, 0.15) is 30.9 Å². The summed E-state index contributed by atoms with van der Waals surface area (Å²) < 4.78 is 2.23. The molecule has 0 unspecified atom stereocenters. The van der Waals surface area contributed by atoms with Crippen LogP contribution < -0.4 is 14.8 Å². The topological polar surface area (TPSA) is 66.1 Å². The van der Waals surface area contributed by atoms with Gasteiger partial charge in [-0.25, -0.2) is 0 Å². The number of thiazole rings is 1. The van der Waals surface area contributed by atoms with Crippen LogP contribution in [0.25, 0.3) is 17.3 Å². The van der Waals surface area contributed by atoms with E-state index in [1.165, 1.54) is 4.57 Å². The molecule has 162 valence electrons. The van der Waals surface area contributed by atoms with Crippen molar-refractivity contribution in [1.82, 2.24) is 9.47 Å². The Balaban J connectivity index is 2.01. The van der Waals surface area contributed by atoms with Crippen LogP contribution in [-0.2, 0) is 11.2 Å². The van der Waals surface area contributed by atoms with E-state index in [9.17, 15) is 14.9 Å². The number of aryl methyl sites for hydroxylation is 1. The molecule has 0 N–H and O–H groups in total. The Labute approximate surface area is 195 Å². The number of amides is 1. The molecule has 0 spiro atoms. The fourth-order valence-electron chi connectivity index (χ4n) is 3.76. The number of carbonyl (C=O) groups is 1. The van der Waals surface area contributed by atoms with Gasteiger partial charge in [-0.15, -0.1) is 11.3 Å². The molecule has 3 aromatic rings. The second-order valence-corrected chi connectivity index (χ2v) is 9.02. The van der Waals surface area contributed by atoms with Gasteiger partial charge in [-0.05, 0) is 54.7 Å². The maximum atomic E-state index is 13.5. The van der Waals surface area contributed by atoms with Gasteiger partial charge in [-0.2, -0.15) is 5.26 Å². The van der Waals surface area contributed by atoms with E-state index in [-0.39, 0.29) is 17.0 Å². The van der Waals surface area contributed by atoms with Crippen molar-refractivity contribution in [2.75, 3.05) is 13.1 Å². The molecule has 1 saturated heterocycles. The summed E-state index contributed by atoms with van der Waals surface area (Å²) in [6, 6.07) is 16.9. The van der Waals surface area contributed by atoms with E-state index < -0.39 is 0 Å². The Kier molecular flexibility index (Phi) is 6.59. The van der Waals surface area contributed by atoms with E-state index in [0.717, 1.165) is 36.2 Å². The third kappa shape index (κ3) is 4.27. The highest BCUT2D eigenvalue weighted by molar-refractivity contribution is 7.07. The summed E-state index contributed by atoms with van der Waals surface area (Å²) in [7, 11) is 0. The van der Waals surface area contributed by atoms with Crippen molar-refractivity contribution in [2.45, 2.75) is 26.2 Å². The van der Waals surface area contributed by atoms with Gasteiger partial charge in [-0.3, -0.25) is 14.2 Å². The van der Waals surface area contributed by atoms with Crippen molar-refractivity contribution in [3.8, 4) is 11.8 Å². The number of hydrogen-bond donors (Lipinski definition) is 0. The van der Waals surface area contributed by atoms with E-state index in [4.69, 9.17) is 11.6 Å². The first kappa shape index (κ1) is 22.1. The maximum Gasteiger partial charge on any atom is 0.273 e. The first-order valence-corrected chi connectivity index (χ1v) is 11.7. The number of nitriles is 1. The number of halogens is 1. The quantitative estimate of drug-likeness (QED) is 0.596. The Morgan fingerprint density at radius 1 is 1.16 bits per heavy atom. The summed E-state index contributed by atoms with van der Waals surface area (Å²) in [5.74, 6) is -0.325. The van der Waals surface area contributed by atoms with Crippen molar-refractivity contribution in [3.63, 3.8) is 0 Å². The summed E-state index contributed by atoms with van der Waals surface area (Å²) in [6.07, 6.45) is 4.43. The fraction of sp³-hybridized carbons (Fsp3) is 0.240. The number of benzene rings is 2. The van der Waals surface area contributed by atoms with Gasteiger partial charge in [0, 0.05) is 18.1 Å². The fourth-order valence-corrected chi connectivity index (χ4v) is 5.04. The van der Waals surface area contributed by atoms with Crippen LogP contribution in [0.3, 0.4) is 0 Å². The van der Waals surface area contributed by atoms with E-state index in [0.29, 0.717) is 38.6 Å². The molecule has 5 nitrogen and oxygen atoms in total. The molecule has 32 heavy (non-hydrogen) atoms. The molecule has 7 heteroatoms. The number of nitrogens with zero attached hydrogens (tertiary/aromatic N) is 3. The summed E-state index contributed by atoms with van der Waals surface area (Å²) in [5.41, 5.74) is 2.18. The largest absolute Gasteiger partial charge is 0.338 e. The Morgan fingerprint density at radius 3 is 2.47 bits per heavy atom. The van der Waals surface area contributed by atoms with Crippen LogP contribution >= 0.6 is 22.9 Å². The molecule has 1 amide bonds. The van der Waals surface area contributed by atoms with Crippen LogP contribution in [0, 0.1) is 11.3 Å². The second kappa shape index (κ2) is 9.56. The summed E-state index contributed by atoms with van der Waals surface area (Å²) in [4.78, 5) is 28.3. The first-order valence-electron chi connectivity index (χ1n) is 10.5. The molecular weight excluding hydrogens is 442 g/mol. The smallest absolute Gasteiger partial charge is 0.273 e. The van der Waals surface area contributed by atoms with Crippen LogP contribution in [0.15, 0.2) is 53.3 Å². The molecule has 2 aromatic carbocycles. The summed E-state index contributed by atoms with van der Waals surface area (Å²) in [5, 5.41) is 10.4. The van der Waals surface area contributed by atoms with Gasteiger partial charge in [0.2, 0.25) is 0 Å². The van der Waals surface area contributed by atoms with Gasteiger partial charge in [0.05, 0.1) is 10.2 Å². The Morgan fingerprint density at radius 2 is 1.84 bits per heavy atom.